The third kappa shape index (κ3) is 12.2. The lowest BCUT2D eigenvalue weighted by molar-refractivity contribution is -0.208. The van der Waals surface area contributed by atoms with E-state index in [0.717, 1.165) is 0 Å². The Labute approximate surface area is 197 Å². The standard InChI is InChI=1S/C6H18O24P6/c7-1-2(8)4(28-36(23,24)30-34(18,19)20)6(26-32(12,13)14)5(25-31(9,10)11)3(1)27-35(21,22)29-33(15,16)17/h1-8H,(H,21,22)(H,23,24)(H2,9,10,11)(H2,12,13,14)(H2,15,16,17)(H2,18,19,20)/t1-,2-,3+,4+,5-,6-/m0/s1. The number of aliphatic hydroxyl groups is 2. The number of phosphoric ester groups is 4. The van der Waals surface area contributed by atoms with Crippen molar-refractivity contribution in [1.29, 1.82) is 0 Å². The normalized spacial score (nSPS) is 32.0. The Kier molecular flexibility index (Phi) is 11.2. The predicted octanol–water partition coefficient (Wildman–Crippen LogP) is -3.13. The molecule has 0 spiro atoms. The van der Waals surface area contributed by atoms with Crippen LogP contribution in [0.4, 0.5) is 0 Å². The molecule has 36 heavy (non-hydrogen) atoms. The fraction of sp³-hybridized carbons (Fsp3) is 1.00. The lowest BCUT2D eigenvalue weighted by Gasteiger charge is -2.46. The van der Waals surface area contributed by atoms with E-state index >= 15 is 0 Å². The van der Waals surface area contributed by atoms with Crippen molar-refractivity contribution in [2.75, 3.05) is 0 Å². The van der Waals surface area contributed by atoms with Crippen LogP contribution in [0.25, 0.3) is 0 Å². The summed E-state index contributed by atoms with van der Waals surface area (Å²) in [7, 11) is -35.9. The second-order valence-electron chi connectivity index (χ2n) is 6.32. The van der Waals surface area contributed by atoms with Crippen LogP contribution in [-0.2, 0) is 54.1 Å². The molecule has 1 aliphatic carbocycles. The second kappa shape index (κ2) is 11.6. The van der Waals surface area contributed by atoms with E-state index in [1.54, 1.807) is 0 Å². The molecule has 0 aromatic carbocycles. The highest BCUT2D eigenvalue weighted by molar-refractivity contribution is 7.61. The first-order chi connectivity index (χ1) is 15.6. The van der Waals surface area contributed by atoms with E-state index in [2.05, 4.69) is 26.7 Å². The fourth-order valence-electron chi connectivity index (χ4n) is 2.57. The third-order valence-electron chi connectivity index (χ3n) is 3.44. The van der Waals surface area contributed by atoms with Crippen LogP contribution in [0.2, 0.25) is 0 Å². The van der Waals surface area contributed by atoms with Crippen molar-refractivity contribution in [2.45, 2.75) is 36.6 Å². The van der Waals surface area contributed by atoms with Crippen molar-refractivity contribution in [3.05, 3.63) is 0 Å². The Balaban J connectivity index is 3.64. The van der Waals surface area contributed by atoms with Gasteiger partial charge in [-0.3, -0.25) is 18.1 Å². The molecule has 30 heteroatoms. The van der Waals surface area contributed by atoms with Gasteiger partial charge in [0.05, 0.1) is 0 Å². The van der Waals surface area contributed by atoms with E-state index in [0.29, 0.717) is 0 Å². The lowest BCUT2D eigenvalue weighted by Crippen LogP contribution is -2.65. The van der Waals surface area contributed by atoms with Gasteiger partial charge < -0.3 is 59.1 Å². The van der Waals surface area contributed by atoms with Crippen LogP contribution in [0.3, 0.4) is 0 Å². The molecule has 0 amide bonds. The van der Waals surface area contributed by atoms with Crippen molar-refractivity contribution in [3.63, 3.8) is 0 Å². The van der Waals surface area contributed by atoms with Crippen LogP contribution in [0.1, 0.15) is 0 Å². The van der Waals surface area contributed by atoms with E-state index < -0.39 is 83.6 Å². The first-order valence-electron chi connectivity index (χ1n) is 8.02. The Morgan fingerprint density at radius 2 is 0.639 bits per heavy atom. The summed E-state index contributed by atoms with van der Waals surface area (Å²) in [6, 6.07) is 0. The molecule has 2 unspecified atom stereocenters. The molecular formula is C6H18O24P6. The highest BCUT2D eigenvalue weighted by atomic mass is 31.3. The molecule has 0 aliphatic heterocycles. The van der Waals surface area contributed by atoms with Crippen LogP contribution < -0.4 is 0 Å². The molecule has 12 N–H and O–H groups in total. The van der Waals surface area contributed by atoms with E-state index in [-0.39, 0.29) is 0 Å². The molecule has 8 atom stereocenters. The van der Waals surface area contributed by atoms with Gasteiger partial charge in [-0.25, -0.2) is 27.4 Å². The molecule has 24 nitrogen and oxygen atoms in total. The summed E-state index contributed by atoms with van der Waals surface area (Å²) in [6.07, 6.45) is -18.0. The fourth-order valence-corrected chi connectivity index (χ4v) is 7.25. The van der Waals surface area contributed by atoms with Crippen LogP contribution in [0.5, 0.6) is 0 Å². The summed E-state index contributed by atoms with van der Waals surface area (Å²) in [6.45, 7) is 0. The monoisotopic (exact) mass is 660 g/mol. The summed E-state index contributed by atoms with van der Waals surface area (Å²) >= 11 is 0. The Hall–Kier alpha value is 0.660. The lowest BCUT2D eigenvalue weighted by atomic mass is 9.85. The van der Waals surface area contributed by atoms with Gasteiger partial charge in [0.2, 0.25) is 0 Å². The molecule has 1 saturated carbocycles. The quantitative estimate of drug-likeness (QED) is 0.0920. The molecule has 1 rings (SSSR count). The van der Waals surface area contributed by atoms with Crippen LogP contribution >= 0.6 is 46.9 Å². The summed E-state index contributed by atoms with van der Waals surface area (Å²) in [4.78, 5) is 89.9. The Morgan fingerprint density at radius 1 is 0.389 bits per heavy atom. The summed E-state index contributed by atoms with van der Waals surface area (Å²) in [5.41, 5.74) is 0. The highest BCUT2D eigenvalue weighted by Crippen LogP contribution is 2.62. The van der Waals surface area contributed by atoms with Crippen molar-refractivity contribution in [1.82, 2.24) is 0 Å². The van der Waals surface area contributed by atoms with Gasteiger partial charge in [0.15, 0.2) is 0 Å². The van der Waals surface area contributed by atoms with Crippen molar-refractivity contribution >= 4 is 46.9 Å². The number of rotatable bonds is 12. The molecule has 0 saturated heterocycles. The van der Waals surface area contributed by atoms with Gasteiger partial charge >= 0.3 is 46.9 Å². The zero-order chi connectivity index (χ0) is 28.7. The second-order valence-corrected chi connectivity index (χ2v) is 14.3. The van der Waals surface area contributed by atoms with E-state index in [1.807, 2.05) is 0 Å². The van der Waals surface area contributed by atoms with Crippen LogP contribution in [0, 0.1) is 0 Å². The molecule has 1 aliphatic rings. The maximum Gasteiger partial charge on any atom is 0.481 e. The zero-order valence-corrected chi connectivity index (χ0v) is 21.8. The predicted molar refractivity (Wildman–Crippen MR) is 102 cm³/mol. The molecule has 0 bridgehead atoms. The largest absolute Gasteiger partial charge is 0.481 e. The third-order valence-corrected chi connectivity index (χ3v) is 8.85. The molecule has 0 aromatic rings. The first-order valence-corrected chi connectivity index (χ1v) is 17.1. The molecule has 216 valence electrons. The molecular weight excluding hydrogens is 642 g/mol. The van der Waals surface area contributed by atoms with Crippen LogP contribution in [-0.4, -0.2) is 95.8 Å². The summed E-state index contributed by atoms with van der Waals surface area (Å²) in [5.74, 6) is 0. The average molecular weight is 660 g/mol. The smallest absolute Gasteiger partial charge is 0.387 e. The van der Waals surface area contributed by atoms with Gasteiger partial charge in [0, 0.05) is 0 Å². The van der Waals surface area contributed by atoms with E-state index in [4.69, 9.17) is 39.1 Å². The van der Waals surface area contributed by atoms with E-state index in [1.165, 1.54) is 0 Å². The summed E-state index contributed by atoms with van der Waals surface area (Å²) < 4.78 is 91.4. The van der Waals surface area contributed by atoms with Crippen molar-refractivity contribution < 1.29 is 113 Å². The molecule has 0 aromatic heterocycles. The number of hydrogen-bond acceptors (Lipinski definition) is 14. The maximum absolute atomic E-state index is 11.9. The minimum Gasteiger partial charge on any atom is -0.387 e. The van der Waals surface area contributed by atoms with Crippen molar-refractivity contribution in [3.8, 4) is 0 Å². The van der Waals surface area contributed by atoms with Gasteiger partial charge in [-0.1, -0.05) is 0 Å². The zero-order valence-electron chi connectivity index (χ0n) is 16.4. The minimum atomic E-state index is -6.10. The maximum atomic E-state index is 11.9. The van der Waals surface area contributed by atoms with Gasteiger partial charge in [0.25, 0.3) is 0 Å². The van der Waals surface area contributed by atoms with Gasteiger partial charge in [-0.15, -0.1) is 0 Å². The minimum absolute atomic E-state index is 2.95. The molecule has 0 radical (unpaired) electrons. The molecule has 1 fully saturated rings. The van der Waals surface area contributed by atoms with E-state index in [9.17, 15) is 47.4 Å². The highest BCUT2D eigenvalue weighted by Gasteiger charge is 2.60. The topological polar surface area (TPSA) is 401 Å². The van der Waals surface area contributed by atoms with Gasteiger partial charge in [0.1, 0.15) is 36.6 Å². The number of phosphoric acid groups is 6. The Morgan fingerprint density at radius 3 is 0.833 bits per heavy atom. The number of hydrogen-bond donors (Lipinski definition) is 12. The Bertz CT molecular complexity index is 975. The average Bonchev–Trinajstić information content (AvgIpc) is 2.52. The first kappa shape index (κ1) is 34.7. The molecule has 0 heterocycles. The van der Waals surface area contributed by atoms with Gasteiger partial charge in [-0.2, -0.15) is 8.62 Å². The SMILES string of the molecule is O=P(O)(O)O[C@@H]1[C@@H](OP(=O)(O)O)[C@H](OP(=O)(O)OP(=O)(O)O)[C@@H](O)[C@H](O)[C@H]1OP(=O)(O)OP(=O)(O)O. The summed E-state index contributed by atoms with van der Waals surface area (Å²) in [5, 5.41) is 20.4. The van der Waals surface area contributed by atoms with Gasteiger partial charge in [-0.05, 0) is 0 Å². The van der Waals surface area contributed by atoms with Crippen molar-refractivity contribution in [2.24, 2.45) is 0 Å². The van der Waals surface area contributed by atoms with Crippen LogP contribution in [0.15, 0.2) is 0 Å². The number of aliphatic hydroxyl groups excluding tert-OH is 2.